The normalized spacial score (nSPS) is 10.6. The summed E-state index contributed by atoms with van der Waals surface area (Å²) in [5, 5.41) is 5.03. The average molecular weight is 279 g/mol. The van der Waals surface area contributed by atoms with Gasteiger partial charge in [-0.05, 0) is 42.4 Å². The molecule has 1 heterocycles. The molecule has 18 heavy (non-hydrogen) atoms. The number of benzene rings is 1. The van der Waals surface area contributed by atoms with E-state index in [4.69, 9.17) is 11.6 Å². The quantitative estimate of drug-likeness (QED) is 0.895. The lowest BCUT2D eigenvalue weighted by Crippen LogP contribution is -2.11. The zero-order chi connectivity index (χ0) is 12.8. The number of halogens is 1. The molecule has 1 aromatic heterocycles. The van der Waals surface area contributed by atoms with Crippen LogP contribution < -0.4 is 5.32 Å². The highest BCUT2D eigenvalue weighted by Gasteiger charge is 1.99. The van der Waals surface area contributed by atoms with E-state index in [9.17, 15) is 0 Å². The third-order valence-corrected chi connectivity index (χ3v) is 3.62. The van der Waals surface area contributed by atoms with E-state index in [1.54, 1.807) is 11.8 Å². The van der Waals surface area contributed by atoms with Crippen LogP contribution in [0.1, 0.15) is 12.5 Å². The maximum absolute atomic E-state index is 5.85. The lowest BCUT2D eigenvalue weighted by molar-refractivity contribution is 0.723. The second-order valence-corrected chi connectivity index (χ2v) is 5.37. The van der Waals surface area contributed by atoms with Gasteiger partial charge in [-0.2, -0.15) is 0 Å². The van der Waals surface area contributed by atoms with Crippen LogP contribution in [0.3, 0.4) is 0 Å². The van der Waals surface area contributed by atoms with Crippen molar-refractivity contribution in [1.82, 2.24) is 10.3 Å². The first-order chi connectivity index (χ1) is 8.78. The largest absolute Gasteiger partial charge is 0.313 e. The van der Waals surface area contributed by atoms with E-state index in [0.717, 1.165) is 28.0 Å². The van der Waals surface area contributed by atoms with Crippen LogP contribution in [0.4, 0.5) is 0 Å². The van der Waals surface area contributed by atoms with Gasteiger partial charge in [-0.3, -0.25) is 0 Å². The van der Waals surface area contributed by atoms with Crippen molar-refractivity contribution in [2.45, 2.75) is 23.4 Å². The highest BCUT2D eigenvalue weighted by molar-refractivity contribution is 7.99. The Morgan fingerprint density at radius 1 is 1.17 bits per heavy atom. The van der Waals surface area contributed by atoms with Crippen LogP contribution >= 0.6 is 23.4 Å². The molecule has 0 unspecified atom stereocenters. The molecule has 2 rings (SSSR count). The first-order valence-electron chi connectivity index (χ1n) is 5.87. The number of hydrogen-bond donors (Lipinski definition) is 1. The Bertz CT molecular complexity index is 482. The lowest BCUT2D eigenvalue weighted by atomic mass is 10.3. The van der Waals surface area contributed by atoms with Gasteiger partial charge in [0, 0.05) is 22.7 Å². The molecule has 0 radical (unpaired) electrons. The molecule has 1 aromatic carbocycles. The SMILES string of the molecule is CCNCc1ccc(Sc2ccc(Cl)cc2)nc1. The van der Waals surface area contributed by atoms with E-state index in [2.05, 4.69) is 23.3 Å². The lowest BCUT2D eigenvalue weighted by Gasteiger charge is -2.04. The fraction of sp³-hybridized carbons (Fsp3) is 0.214. The number of hydrogen-bond acceptors (Lipinski definition) is 3. The van der Waals surface area contributed by atoms with Crippen molar-refractivity contribution in [2.24, 2.45) is 0 Å². The van der Waals surface area contributed by atoms with Crippen LogP contribution in [0.25, 0.3) is 0 Å². The number of pyridine rings is 1. The molecule has 0 saturated heterocycles. The molecule has 94 valence electrons. The second kappa shape index (κ2) is 6.78. The van der Waals surface area contributed by atoms with Gasteiger partial charge in [-0.1, -0.05) is 36.4 Å². The Morgan fingerprint density at radius 2 is 1.94 bits per heavy atom. The molecule has 0 saturated carbocycles. The van der Waals surface area contributed by atoms with Crippen molar-refractivity contribution < 1.29 is 0 Å². The molecule has 2 nitrogen and oxygen atoms in total. The van der Waals surface area contributed by atoms with Crippen molar-refractivity contribution in [3.8, 4) is 0 Å². The molecule has 0 amide bonds. The molecule has 4 heteroatoms. The maximum Gasteiger partial charge on any atom is 0.101 e. The van der Waals surface area contributed by atoms with Gasteiger partial charge in [0.15, 0.2) is 0 Å². The van der Waals surface area contributed by atoms with Crippen molar-refractivity contribution >= 4 is 23.4 Å². The number of nitrogens with one attached hydrogen (secondary N) is 1. The summed E-state index contributed by atoms with van der Waals surface area (Å²) < 4.78 is 0. The first-order valence-corrected chi connectivity index (χ1v) is 7.06. The summed E-state index contributed by atoms with van der Waals surface area (Å²) in [6, 6.07) is 11.9. The minimum Gasteiger partial charge on any atom is -0.313 e. The van der Waals surface area contributed by atoms with E-state index in [1.165, 1.54) is 5.56 Å². The Kier molecular flexibility index (Phi) is 5.05. The van der Waals surface area contributed by atoms with Crippen LogP contribution in [0.5, 0.6) is 0 Å². The van der Waals surface area contributed by atoms with Crippen molar-refractivity contribution in [2.75, 3.05) is 6.54 Å². The standard InChI is InChI=1S/C14H15ClN2S/c1-2-16-9-11-3-8-14(17-10-11)18-13-6-4-12(15)5-7-13/h3-8,10,16H,2,9H2,1H3. The molecule has 1 N–H and O–H groups in total. The second-order valence-electron chi connectivity index (χ2n) is 3.84. The Labute approximate surface area is 117 Å². The summed E-state index contributed by atoms with van der Waals surface area (Å²) in [4.78, 5) is 5.58. The smallest absolute Gasteiger partial charge is 0.101 e. The third-order valence-electron chi connectivity index (χ3n) is 2.41. The molecule has 0 bridgehead atoms. The summed E-state index contributed by atoms with van der Waals surface area (Å²) in [5.74, 6) is 0. The van der Waals surface area contributed by atoms with E-state index >= 15 is 0 Å². The van der Waals surface area contributed by atoms with E-state index in [0.29, 0.717) is 0 Å². The van der Waals surface area contributed by atoms with Gasteiger partial charge in [-0.15, -0.1) is 0 Å². The number of aromatic nitrogens is 1. The molecule has 2 aromatic rings. The third kappa shape index (κ3) is 4.02. The van der Waals surface area contributed by atoms with Crippen LogP contribution in [0, 0.1) is 0 Å². The predicted octanol–water partition coefficient (Wildman–Crippen LogP) is 4.00. The van der Waals surface area contributed by atoms with Crippen LogP contribution in [-0.4, -0.2) is 11.5 Å². The van der Waals surface area contributed by atoms with E-state index in [1.807, 2.05) is 36.5 Å². The molecule has 0 aliphatic carbocycles. The summed E-state index contributed by atoms with van der Waals surface area (Å²) >= 11 is 7.49. The zero-order valence-electron chi connectivity index (χ0n) is 10.2. The Morgan fingerprint density at radius 3 is 2.56 bits per heavy atom. The Balaban J connectivity index is 1.99. The van der Waals surface area contributed by atoms with E-state index in [-0.39, 0.29) is 0 Å². The highest BCUT2D eigenvalue weighted by Crippen LogP contribution is 2.26. The van der Waals surface area contributed by atoms with Gasteiger partial charge in [0.2, 0.25) is 0 Å². The van der Waals surface area contributed by atoms with E-state index < -0.39 is 0 Å². The topological polar surface area (TPSA) is 24.9 Å². The average Bonchev–Trinajstić information content (AvgIpc) is 2.41. The minimum atomic E-state index is 0.758. The number of rotatable bonds is 5. The molecular weight excluding hydrogens is 264 g/mol. The summed E-state index contributed by atoms with van der Waals surface area (Å²) in [5.41, 5.74) is 1.21. The zero-order valence-corrected chi connectivity index (χ0v) is 11.8. The van der Waals surface area contributed by atoms with Gasteiger partial charge < -0.3 is 5.32 Å². The molecule has 0 atom stereocenters. The molecule has 0 aliphatic rings. The van der Waals surface area contributed by atoms with Crippen molar-refractivity contribution in [3.63, 3.8) is 0 Å². The molecule has 0 fully saturated rings. The molecular formula is C14H15ClN2S. The predicted molar refractivity (Wildman–Crippen MR) is 77.2 cm³/mol. The first kappa shape index (κ1) is 13.4. The highest BCUT2D eigenvalue weighted by atomic mass is 35.5. The summed E-state index contributed by atoms with van der Waals surface area (Å²) in [7, 11) is 0. The van der Waals surface area contributed by atoms with Gasteiger partial charge in [0.25, 0.3) is 0 Å². The Hall–Kier alpha value is -1.03. The maximum atomic E-state index is 5.85. The van der Waals surface area contributed by atoms with Crippen molar-refractivity contribution in [3.05, 3.63) is 53.2 Å². The van der Waals surface area contributed by atoms with Gasteiger partial charge in [0.1, 0.15) is 5.03 Å². The number of nitrogens with zero attached hydrogens (tertiary/aromatic N) is 1. The van der Waals surface area contributed by atoms with Crippen LogP contribution in [0.2, 0.25) is 5.02 Å². The fourth-order valence-corrected chi connectivity index (χ4v) is 2.35. The summed E-state index contributed by atoms with van der Waals surface area (Å²) in [6.45, 7) is 3.94. The van der Waals surface area contributed by atoms with Gasteiger partial charge in [0.05, 0.1) is 0 Å². The summed E-state index contributed by atoms with van der Waals surface area (Å²) in [6.07, 6.45) is 1.92. The minimum absolute atomic E-state index is 0.758. The molecule has 0 aliphatic heterocycles. The van der Waals surface area contributed by atoms with Crippen LogP contribution in [0.15, 0.2) is 52.5 Å². The monoisotopic (exact) mass is 278 g/mol. The van der Waals surface area contributed by atoms with Gasteiger partial charge in [-0.25, -0.2) is 4.98 Å². The van der Waals surface area contributed by atoms with Crippen molar-refractivity contribution in [1.29, 1.82) is 0 Å². The fourth-order valence-electron chi connectivity index (χ4n) is 1.47. The van der Waals surface area contributed by atoms with Gasteiger partial charge >= 0.3 is 0 Å². The molecule has 0 spiro atoms. The van der Waals surface area contributed by atoms with Crippen LogP contribution in [-0.2, 0) is 6.54 Å².